The molecule has 3 aliphatic rings. The quantitative estimate of drug-likeness (QED) is 0.157. The van der Waals surface area contributed by atoms with Crippen molar-refractivity contribution in [3.8, 4) is 28.1 Å². The maximum absolute atomic E-state index is 13.7. The Morgan fingerprint density at radius 2 is 1.87 bits per heavy atom. The van der Waals surface area contributed by atoms with Crippen LogP contribution in [0, 0.1) is 11.8 Å². The van der Waals surface area contributed by atoms with Crippen LogP contribution in [0.2, 0.25) is 10.0 Å². The van der Waals surface area contributed by atoms with E-state index in [1.807, 2.05) is 41.9 Å². The summed E-state index contributed by atoms with van der Waals surface area (Å²) in [5.41, 5.74) is 5.99. The highest BCUT2D eigenvalue weighted by molar-refractivity contribution is 6.39. The van der Waals surface area contributed by atoms with Gasteiger partial charge in [0.2, 0.25) is 5.91 Å². The van der Waals surface area contributed by atoms with E-state index in [2.05, 4.69) is 25.8 Å². The number of methoxy groups -OCH3 is 2. The van der Waals surface area contributed by atoms with Crippen LogP contribution in [0.3, 0.4) is 0 Å². The molecule has 2 amide bonds. The Hall–Kier alpha value is -4.49. The van der Waals surface area contributed by atoms with Gasteiger partial charge in [0, 0.05) is 87.1 Å². The Morgan fingerprint density at radius 1 is 1.06 bits per heavy atom. The molecule has 0 radical (unpaired) electrons. The van der Waals surface area contributed by atoms with Crippen LogP contribution >= 0.6 is 23.2 Å². The molecule has 1 saturated carbocycles. The lowest BCUT2D eigenvalue weighted by atomic mass is 9.74. The first kappa shape index (κ1) is 36.9. The highest BCUT2D eigenvalue weighted by Crippen LogP contribution is 2.41. The van der Waals surface area contributed by atoms with Gasteiger partial charge in [0.05, 0.1) is 53.0 Å². The minimum absolute atomic E-state index is 0.00866. The van der Waals surface area contributed by atoms with Crippen molar-refractivity contribution in [1.82, 2.24) is 30.1 Å². The number of carbonyl (C=O) groups is 3. The predicted molar refractivity (Wildman–Crippen MR) is 203 cm³/mol. The van der Waals surface area contributed by atoms with Gasteiger partial charge in [-0.05, 0) is 43.4 Å². The van der Waals surface area contributed by atoms with E-state index in [0.29, 0.717) is 76.1 Å². The second-order valence-corrected chi connectivity index (χ2v) is 14.8. The highest BCUT2D eigenvalue weighted by Gasteiger charge is 2.37. The molecule has 1 aliphatic carbocycles. The largest absolute Gasteiger partial charge is 0.496 e. The first-order chi connectivity index (χ1) is 25.6. The molecule has 278 valence electrons. The molecule has 0 unspecified atom stereocenters. The number of esters is 1. The number of hydrogen-bond donors (Lipinski definition) is 3. The predicted octanol–water partition coefficient (Wildman–Crippen LogP) is 5.64. The molecule has 0 bridgehead atoms. The second-order valence-electron chi connectivity index (χ2n) is 14.0. The summed E-state index contributed by atoms with van der Waals surface area (Å²) in [6.45, 7) is 3.70. The smallest absolute Gasteiger partial charge is 0.308 e. The van der Waals surface area contributed by atoms with Crippen molar-refractivity contribution in [1.29, 1.82) is 0 Å². The molecule has 2 aliphatic heterocycles. The fraction of sp³-hybridized carbons (Fsp3) is 0.410. The Balaban J connectivity index is 1.04. The van der Waals surface area contributed by atoms with Crippen LogP contribution < -0.4 is 20.7 Å². The molecule has 2 aromatic heterocycles. The van der Waals surface area contributed by atoms with Crippen LogP contribution in [0.5, 0.6) is 5.75 Å². The van der Waals surface area contributed by atoms with Crippen molar-refractivity contribution in [2.45, 2.75) is 51.2 Å². The van der Waals surface area contributed by atoms with Crippen molar-refractivity contribution in [2.24, 2.45) is 18.9 Å². The summed E-state index contributed by atoms with van der Waals surface area (Å²) in [6, 6.07) is 13.2. The minimum Gasteiger partial charge on any atom is -0.496 e. The van der Waals surface area contributed by atoms with Gasteiger partial charge < -0.3 is 30.0 Å². The maximum Gasteiger partial charge on any atom is 0.308 e. The lowest BCUT2D eigenvalue weighted by Crippen LogP contribution is -2.41. The maximum atomic E-state index is 13.7. The van der Waals surface area contributed by atoms with Gasteiger partial charge in [0.15, 0.2) is 5.82 Å². The average molecular weight is 761 g/mol. The van der Waals surface area contributed by atoms with Crippen molar-refractivity contribution in [3.63, 3.8) is 0 Å². The SMILES string of the molecule is COC(=O)C1CC(CN2CCc3nc(C(=O)Nc4cccc(-c5ccnc(-c6ccc(CNC[C@@H]7CCC(=O)N7)c(OC)c6)c5Cl)c4Cl)n(C)c3C2)C1. The molecule has 1 saturated heterocycles. The van der Waals surface area contributed by atoms with Gasteiger partial charge in [0.1, 0.15) is 5.75 Å². The zero-order chi connectivity index (χ0) is 37.2. The Morgan fingerprint density at radius 3 is 2.62 bits per heavy atom. The van der Waals surface area contributed by atoms with Gasteiger partial charge in [-0.15, -0.1) is 0 Å². The summed E-state index contributed by atoms with van der Waals surface area (Å²) in [7, 11) is 4.93. The summed E-state index contributed by atoms with van der Waals surface area (Å²) in [4.78, 5) is 48.7. The monoisotopic (exact) mass is 759 g/mol. The number of fused-ring (bicyclic) bond motifs is 1. The van der Waals surface area contributed by atoms with Gasteiger partial charge in [-0.1, -0.05) is 47.5 Å². The number of anilines is 1. The van der Waals surface area contributed by atoms with Crippen LogP contribution in [0.25, 0.3) is 22.4 Å². The summed E-state index contributed by atoms with van der Waals surface area (Å²) in [5, 5.41) is 10.1. The van der Waals surface area contributed by atoms with E-state index in [9.17, 15) is 14.4 Å². The highest BCUT2D eigenvalue weighted by atomic mass is 35.5. The van der Waals surface area contributed by atoms with Gasteiger partial charge >= 0.3 is 5.97 Å². The third kappa shape index (κ3) is 7.77. The number of ether oxygens (including phenoxy) is 2. The summed E-state index contributed by atoms with van der Waals surface area (Å²) in [6.07, 6.45) is 5.53. The first-order valence-electron chi connectivity index (χ1n) is 17.9. The summed E-state index contributed by atoms with van der Waals surface area (Å²) < 4.78 is 12.5. The molecule has 1 atom stereocenters. The van der Waals surface area contributed by atoms with Gasteiger partial charge in [-0.25, -0.2) is 4.98 Å². The van der Waals surface area contributed by atoms with E-state index in [1.54, 1.807) is 25.4 Å². The number of benzene rings is 2. The molecule has 4 aromatic rings. The lowest BCUT2D eigenvalue weighted by molar-refractivity contribution is -0.150. The van der Waals surface area contributed by atoms with Gasteiger partial charge in [-0.3, -0.25) is 24.3 Å². The Labute approximate surface area is 318 Å². The van der Waals surface area contributed by atoms with Crippen LogP contribution in [0.1, 0.15) is 53.3 Å². The molecule has 14 heteroatoms. The molecule has 0 spiro atoms. The van der Waals surface area contributed by atoms with Gasteiger partial charge in [-0.2, -0.15) is 0 Å². The summed E-state index contributed by atoms with van der Waals surface area (Å²) >= 11 is 14.0. The zero-order valence-corrected chi connectivity index (χ0v) is 31.5. The number of pyridine rings is 1. The number of rotatable bonds is 12. The number of nitrogens with one attached hydrogen (secondary N) is 3. The molecular formula is C39H43Cl2N7O5. The van der Waals surface area contributed by atoms with E-state index in [4.69, 9.17) is 37.7 Å². The molecule has 12 nitrogen and oxygen atoms in total. The fourth-order valence-electron chi connectivity index (χ4n) is 7.63. The number of aromatic nitrogens is 3. The topological polar surface area (TPSA) is 140 Å². The fourth-order valence-corrected chi connectivity index (χ4v) is 8.22. The third-order valence-electron chi connectivity index (χ3n) is 10.6. The number of nitrogens with zero attached hydrogens (tertiary/aromatic N) is 4. The van der Waals surface area contributed by atoms with Crippen LogP contribution in [-0.4, -0.2) is 77.1 Å². The minimum atomic E-state index is -0.358. The normalized spacial score (nSPS) is 19.6. The molecule has 4 heterocycles. The van der Waals surface area contributed by atoms with E-state index in [1.165, 1.54) is 7.11 Å². The number of carbonyl (C=O) groups excluding carboxylic acids is 3. The molecule has 53 heavy (non-hydrogen) atoms. The van der Waals surface area contributed by atoms with Crippen LogP contribution in [0.15, 0.2) is 48.7 Å². The Kier molecular flexibility index (Phi) is 11.0. The third-order valence-corrected chi connectivity index (χ3v) is 11.4. The van der Waals surface area contributed by atoms with Crippen molar-refractivity contribution in [3.05, 3.63) is 81.5 Å². The molecule has 2 fully saturated rings. The molecular weight excluding hydrogens is 717 g/mol. The summed E-state index contributed by atoms with van der Waals surface area (Å²) in [5.74, 6) is 1.09. The van der Waals surface area contributed by atoms with E-state index < -0.39 is 0 Å². The molecule has 7 rings (SSSR count). The van der Waals surface area contributed by atoms with Crippen LogP contribution in [-0.2, 0) is 40.9 Å². The molecule has 3 N–H and O–H groups in total. The number of hydrogen-bond acceptors (Lipinski definition) is 9. The second kappa shape index (κ2) is 15.9. The molecule has 2 aromatic carbocycles. The Bertz CT molecular complexity index is 2050. The van der Waals surface area contributed by atoms with Crippen molar-refractivity contribution < 1.29 is 23.9 Å². The van der Waals surface area contributed by atoms with Crippen LogP contribution in [0.4, 0.5) is 5.69 Å². The first-order valence-corrected chi connectivity index (χ1v) is 18.7. The number of imidazole rings is 1. The van der Waals surface area contributed by atoms with E-state index in [0.717, 1.165) is 61.3 Å². The average Bonchev–Trinajstić information content (AvgIpc) is 3.72. The zero-order valence-electron chi connectivity index (χ0n) is 30.0. The number of halogens is 2. The van der Waals surface area contributed by atoms with Gasteiger partial charge in [0.25, 0.3) is 5.91 Å². The van der Waals surface area contributed by atoms with E-state index >= 15 is 0 Å². The van der Waals surface area contributed by atoms with E-state index in [-0.39, 0.29) is 29.7 Å². The van der Waals surface area contributed by atoms with Crippen molar-refractivity contribution >= 4 is 46.7 Å². The lowest BCUT2D eigenvalue weighted by Gasteiger charge is -2.38. The number of amides is 2. The van der Waals surface area contributed by atoms with Crippen molar-refractivity contribution in [2.75, 3.05) is 39.2 Å². The standard InChI is InChI=1S/C39H43Cl2N7O5/c1-47-31-21-48(20-22-15-25(16-22)39(51)53-3)14-12-29(31)45-37(47)38(50)46-30-6-4-5-27(34(30)40)28-11-13-43-36(35(28)41)23-7-8-24(32(17-23)52-2)18-42-19-26-9-10-33(49)44-26/h4-8,11,13,17,22,25-26,42H,9-10,12,14-16,18-21H2,1-3H3,(H,44,49)(H,46,50)/t22?,25?,26-/m0/s1.